The summed E-state index contributed by atoms with van der Waals surface area (Å²) in [5.74, 6) is 0.615. The Kier molecular flexibility index (Phi) is 5.64. The topological polar surface area (TPSA) is 82.8 Å². The highest BCUT2D eigenvalue weighted by Gasteiger charge is 2.45. The zero-order valence-electron chi connectivity index (χ0n) is 15.3. The van der Waals surface area contributed by atoms with Gasteiger partial charge in [-0.1, -0.05) is 18.2 Å². The lowest BCUT2D eigenvalue weighted by atomic mass is 9.95. The van der Waals surface area contributed by atoms with E-state index in [1.807, 2.05) is 19.1 Å². The maximum atomic E-state index is 14.2. The molecule has 1 aromatic carbocycles. The van der Waals surface area contributed by atoms with Crippen LogP contribution >= 0.6 is 0 Å². The molecule has 1 aliphatic heterocycles. The number of nitrogens with zero attached hydrogens (tertiary/aromatic N) is 2. The van der Waals surface area contributed by atoms with Gasteiger partial charge in [-0.2, -0.15) is 0 Å². The standard InChI is InChI=1S/C19H28FN5O/c1-2-22-18(24-14-7-11-25(12-8-14)17(21)26)23-13-19(9-10-19)15-5-3-4-6-16(15)20/h3-6,14H,2,7-13H2,1H3,(H2,21,26)(H2,22,23,24). The number of likely N-dealkylation sites (tertiary alicyclic amines) is 1. The quantitative estimate of drug-likeness (QED) is 0.554. The molecule has 1 aromatic rings. The van der Waals surface area contributed by atoms with Gasteiger partial charge in [-0.05, 0) is 44.2 Å². The van der Waals surface area contributed by atoms with Crippen molar-refractivity contribution in [1.29, 1.82) is 0 Å². The highest BCUT2D eigenvalue weighted by molar-refractivity contribution is 5.80. The van der Waals surface area contributed by atoms with E-state index in [-0.39, 0.29) is 23.3 Å². The van der Waals surface area contributed by atoms with Crippen LogP contribution in [0.4, 0.5) is 9.18 Å². The molecule has 1 aliphatic carbocycles. The number of nitrogens with one attached hydrogen (secondary N) is 2. The van der Waals surface area contributed by atoms with Crippen LogP contribution in [0.2, 0.25) is 0 Å². The lowest BCUT2D eigenvalue weighted by molar-refractivity contribution is 0.188. The molecule has 7 heteroatoms. The Bertz CT molecular complexity index is 666. The average molecular weight is 361 g/mol. The number of piperidine rings is 1. The van der Waals surface area contributed by atoms with Crippen LogP contribution in [0.5, 0.6) is 0 Å². The van der Waals surface area contributed by atoms with E-state index >= 15 is 0 Å². The molecule has 0 atom stereocenters. The van der Waals surface area contributed by atoms with Crippen molar-refractivity contribution in [3.05, 3.63) is 35.6 Å². The lowest BCUT2D eigenvalue weighted by Gasteiger charge is -2.32. The summed E-state index contributed by atoms with van der Waals surface area (Å²) in [6.07, 6.45) is 3.61. The number of guanidine groups is 1. The average Bonchev–Trinajstić information content (AvgIpc) is 3.42. The number of carbonyl (C=O) groups is 1. The molecule has 4 N–H and O–H groups in total. The predicted molar refractivity (Wildman–Crippen MR) is 101 cm³/mol. The highest BCUT2D eigenvalue weighted by Crippen LogP contribution is 2.49. The number of amides is 2. The molecular formula is C19H28FN5O. The number of rotatable bonds is 5. The maximum Gasteiger partial charge on any atom is 0.314 e. The first-order valence-corrected chi connectivity index (χ1v) is 9.38. The van der Waals surface area contributed by atoms with Gasteiger partial charge in [0.15, 0.2) is 5.96 Å². The number of carbonyl (C=O) groups excluding carboxylic acids is 1. The van der Waals surface area contributed by atoms with Crippen molar-refractivity contribution in [3.8, 4) is 0 Å². The summed E-state index contributed by atoms with van der Waals surface area (Å²) >= 11 is 0. The first kappa shape index (κ1) is 18.5. The Hall–Kier alpha value is -2.31. The summed E-state index contributed by atoms with van der Waals surface area (Å²) in [6.45, 7) is 4.68. The number of halogens is 1. The second-order valence-electron chi connectivity index (χ2n) is 7.20. The van der Waals surface area contributed by atoms with Gasteiger partial charge in [0.2, 0.25) is 0 Å². The number of aliphatic imine (C=N–C) groups is 1. The predicted octanol–water partition coefficient (Wildman–Crippen LogP) is 1.96. The Morgan fingerprint density at radius 2 is 2.04 bits per heavy atom. The van der Waals surface area contributed by atoms with Gasteiger partial charge in [-0.3, -0.25) is 4.99 Å². The molecule has 3 rings (SSSR count). The third kappa shape index (κ3) is 4.26. The number of primary amides is 1. The van der Waals surface area contributed by atoms with Gasteiger partial charge in [0, 0.05) is 31.1 Å². The van der Waals surface area contributed by atoms with Crippen molar-refractivity contribution >= 4 is 12.0 Å². The van der Waals surface area contributed by atoms with Gasteiger partial charge in [-0.25, -0.2) is 9.18 Å². The summed E-state index contributed by atoms with van der Waals surface area (Å²) in [4.78, 5) is 17.6. The Labute approximate surface area is 154 Å². The summed E-state index contributed by atoms with van der Waals surface area (Å²) in [7, 11) is 0. The van der Waals surface area contributed by atoms with E-state index in [0.717, 1.165) is 43.8 Å². The molecule has 142 valence electrons. The third-order valence-electron chi connectivity index (χ3n) is 5.33. The zero-order chi connectivity index (χ0) is 18.6. The minimum atomic E-state index is -0.357. The number of hydrogen-bond acceptors (Lipinski definition) is 2. The largest absolute Gasteiger partial charge is 0.357 e. The smallest absolute Gasteiger partial charge is 0.314 e. The summed E-state index contributed by atoms with van der Waals surface area (Å²) < 4.78 is 14.2. The number of benzene rings is 1. The molecule has 1 saturated heterocycles. The van der Waals surface area contributed by atoms with E-state index in [1.165, 1.54) is 6.07 Å². The van der Waals surface area contributed by atoms with Gasteiger partial charge in [0.25, 0.3) is 0 Å². The van der Waals surface area contributed by atoms with Crippen molar-refractivity contribution in [2.45, 2.75) is 44.1 Å². The molecule has 0 bridgehead atoms. The van der Waals surface area contributed by atoms with Crippen molar-refractivity contribution in [2.24, 2.45) is 10.7 Å². The van der Waals surface area contributed by atoms with E-state index in [4.69, 9.17) is 10.7 Å². The van der Waals surface area contributed by atoms with Crippen LogP contribution in [-0.4, -0.2) is 49.1 Å². The van der Waals surface area contributed by atoms with Gasteiger partial charge in [-0.15, -0.1) is 0 Å². The molecule has 26 heavy (non-hydrogen) atoms. The molecule has 2 fully saturated rings. The normalized spacial score (nSPS) is 19.9. The van der Waals surface area contributed by atoms with Gasteiger partial charge in [0.05, 0.1) is 6.54 Å². The Morgan fingerprint density at radius 1 is 1.35 bits per heavy atom. The van der Waals surface area contributed by atoms with Crippen LogP contribution in [-0.2, 0) is 5.41 Å². The van der Waals surface area contributed by atoms with Crippen LogP contribution in [0.25, 0.3) is 0 Å². The minimum Gasteiger partial charge on any atom is -0.357 e. The fourth-order valence-electron chi connectivity index (χ4n) is 3.54. The SMILES string of the molecule is CCNC(=NCC1(c2ccccc2F)CC1)NC1CCN(C(N)=O)CC1. The fourth-order valence-corrected chi connectivity index (χ4v) is 3.54. The fraction of sp³-hybridized carbons (Fsp3) is 0.579. The van der Waals surface area contributed by atoms with Gasteiger partial charge < -0.3 is 21.3 Å². The van der Waals surface area contributed by atoms with Gasteiger partial charge in [0.1, 0.15) is 5.82 Å². The summed E-state index contributed by atoms with van der Waals surface area (Å²) in [6, 6.07) is 6.91. The summed E-state index contributed by atoms with van der Waals surface area (Å²) in [5.41, 5.74) is 5.94. The van der Waals surface area contributed by atoms with Crippen LogP contribution in [0.1, 0.15) is 38.2 Å². The molecule has 2 amide bonds. The highest BCUT2D eigenvalue weighted by atomic mass is 19.1. The Morgan fingerprint density at radius 3 is 2.62 bits per heavy atom. The maximum absolute atomic E-state index is 14.2. The van der Waals surface area contributed by atoms with Crippen molar-refractivity contribution < 1.29 is 9.18 Å². The molecule has 0 unspecified atom stereocenters. The molecule has 0 spiro atoms. The number of nitrogens with two attached hydrogens (primary N) is 1. The van der Waals surface area contributed by atoms with E-state index in [1.54, 1.807) is 11.0 Å². The van der Waals surface area contributed by atoms with Crippen LogP contribution < -0.4 is 16.4 Å². The van der Waals surface area contributed by atoms with E-state index in [2.05, 4.69) is 10.6 Å². The summed E-state index contributed by atoms with van der Waals surface area (Å²) in [5, 5.41) is 6.72. The minimum absolute atomic E-state index is 0.142. The van der Waals surface area contributed by atoms with Crippen LogP contribution in [0.3, 0.4) is 0 Å². The lowest BCUT2D eigenvalue weighted by Crippen LogP contribution is -2.50. The molecule has 1 heterocycles. The second kappa shape index (κ2) is 7.93. The Balaban J connectivity index is 1.61. The molecule has 6 nitrogen and oxygen atoms in total. The molecular weight excluding hydrogens is 333 g/mol. The van der Waals surface area contributed by atoms with E-state index in [9.17, 15) is 9.18 Å². The third-order valence-corrected chi connectivity index (χ3v) is 5.33. The molecule has 2 aliphatic rings. The van der Waals surface area contributed by atoms with Crippen LogP contribution in [0.15, 0.2) is 29.3 Å². The molecule has 0 aromatic heterocycles. The number of urea groups is 1. The van der Waals surface area contributed by atoms with Crippen molar-refractivity contribution in [3.63, 3.8) is 0 Å². The second-order valence-corrected chi connectivity index (χ2v) is 7.20. The molecule has 1 saturated carbocycles. The molecule has 0 radical (unpaired) electrons. The van der Waals surface area contributed by atoms with Crippen LogP contribution in [0, 0.1) is 5.82 Å². The first-order valence-electron chi connectivity index (χ1n) is 9.38. The van der Waals surface area contributed by atoms with E-state index < -0.39 is 0 Å². The zero-order valence-corrected chi connectivity index (χ0v) is 15.3. The first-order chi connectivity index (χ1) is 12.5. The van der Waals surface area contributed by atoms with Crippen molar-refractivity contribution in [1.82, 2.24) is 15.5 Å². The number of hydrogen-bond donors (Lipinski definition) is 3. The monoisotopic (exact) mass is 361 g/mol. The van der Waals surface area contributed by atoms with E-state index in [0.29, 0.717) is 19.6 Å². The van der Waals surface area contributed by atoms with Gasteiger partial charge >= 0.3 is 6.03 Å². The van der Waals surface area contributed by atoms with Crippen molar-refractivity contribution in [2.75, 3.05) is 26.2 Å².